The van der Waals surface area contributed by atoms with Crippen LogP contribution >= 0.6 is 0 Å². The number of aromatic nitrogens is 2. The number of alkyl halides is 3. The second-order valence-corrected chi connectivity index (χ2v) is 11.1. The van der Waals surface area contributed by atoms with Crippen molar-refractivity contribution in [2.45, 2.75) is 26.2 Å². The Morgan fingerprint density at radius 1 is 1.08 bits per heavy atom. The number of halogens is 3. The molecule has 38 heavy (non-hydrogen) atoms. The van der Waals surface area contributed by atoms with Gasteiger partial charge in [0.05, 0.1) is 24.7 Å². The van der Waals surface area contributed by atoms with Gasteiger partial charge in [0, 0.05) is 26.3 Å². The summed E-state index contributed by atoms with van der Waals surface area (Å²) in [5.74, 6) is -0.0428. The summed E-state index contributed by atoms with van der Waals surface area (Å²) in [4.78, 5) is 9.94. The number of nitrogens with zero attached hydrogens (tertiary/aromatic N) is 4. The average Bonchev–Trinajstić information content (AvgIpc) is 2.82. The first-order chi connectivity index (χ1) is 17.7. The number of methoxy groups -OCH3 is 1. The number of anilines is 4. The second-order valence-electron chi connectivity index (χ2n) is 9.07. The molecule has 1 heterocycles. The number of hydrogen-bond acceptors (Lipinski definition) is 8. The van der Waals surface area contributed by atoms with Crippen molar-refractivity contribution < 1.29 is 26.3 Å². The van der Waals surface area contributed by atoms with Gasteiger partial charge in [-0.15, -0.1) is 0 Å². The van der Waals surface area contributed by atoms with Crippen LogP contribution in [0.1, 0.15) is 22.3 Å². The summed E-state index contributed by atoms with van der Waals surface area (Å²) < 4.78 is 72.0. The lowest BCUT2D eigenvalue weighted by atomic mass is 10.1. The van der Waals surface area contributed by atoms with Gasteiger partial charge in [-0.05, 0) is 55.9 Å². The average molecular weight is 553 g/mol. The fraction of sp³-hybridized carbons (Fsp3) is 0.360. The highest BCUT2D eigenvalue weighted by Crippen LogP contribution is 2.35. The number of hydrogen-bond donors (Lipinski definition) is 2. The molecule has 206 valence electrons. The zero-order valence-corrected chi connectivity index (χ0v) is 22.8. The molecule has 0 radical (unpaired) electrons. The van der Waals surface area contributed by atoms with E-state index in [-0.39, 0.29) is 12.5 Å². The van der Waals surface area contributed by atoms with Gasteiger partial charge in [-0.1, -0.05) is 18.2 Å². The summed E-state index contributed by atoms with van der Waals surface area (Å²) in [6.45, 7) is 2.36. The van der Waals surface area contributed by atoms with E-state index < -0.39 is 27.6 Å². The van der Waals surface area contributed by atoms with Crippen LogP contribution in [-0.4, -0.2) is 57.8 Å². The number of aryl methyl sites for hydroxylation is 1. The van der Waals surface area contributed by atoms with Crippen molar-refractivity contribution in [3.05, 3.63) is 64.8 Å². The lowest BCUT2D eigenvalue weighted by Crippen LogP contribution is -2.26. The predicted molar refractivity (Wildman–Crippen MR) is 142 cm³/mol. The lowest BCUT2D eigenvalue weighted by molar-refractivity contribution is -0.137. The molecule has 0 amide bonds. The molecule has 1 aromatic heterocycles. The second kappa shape index (κ2) is 11.4. The number of benzene rings is 2. The third-order valence-corrected chi connectivity index (χ3v) is 6.82. The van der Waals surface area contributed by atoms with Crippen LogP contribution in [0.15, 0.2) is 42.6 Å². The predicted octanol–water partition coefficient (Wildman–Crippen LogP) is 4.63. The fourth-order valence-electron chi connectivity index (χ4n) is 3.68. The van der Waals surface area contributed by atoms with Crippen LogP contribution in [0.2, 0.25) is 0 Å². The quantitative estimate of drug-likeness (QED) is 0.376. The maximum Gasteiger partial charge on any atom is 0.421 e. The van der Waals surface area contributed by atoms with Crippen molar-refractivity contribution in [1.82, 2.24) is 14.9 Å². The van der Waals surface area contributed by atoms with Gasteiger partial charge in [-0.25, -0.2) is 13.4 Å². The van der Waals surface area contributed by atoms with Crippen molar-refractivity contribution in [2.75, 3.05) is 49.4 Å². The lowest BCUT2D eigenvalue weighted by Gasteiger charge is -2.22. The Morgan fingerprint density at radius 2 is 1.79 bits per heavy atom. The number of rotatable bonds is 10. The monoisotopic (exact) mass is 552 g/mol. The number of ether oxygens (including phenoxy) is 1. The first kappa shape index (κ1) is 29.0. The Hall–Kier alpha value is -3.58. The van der Waals surface area contributed by atoms with Crippen LogP contribution in [0, 0.1) is 6.92 Å². The van der Waals surface area contributed by atoms with Crippen molar-refractivity contribution in [3.8, 4) is 5.75 Å². The van der Waals surface area contributed by atoms with Gasteiger partial charge in [0.2, 0.25) is 16.0 Å². The van der Waals surface area contributed by atoms with Gasteiger partial charge in [0.25, 0.3) is 0 Å². The molecule has 13 heteroatoms. The molecule has 3 aromatic rings. The van der Waals surface area contributed by atoms with Crippen LogP contribution in [0.3, 0.4) is 0 Å². The summed E-state index contributed by atoms with van der Waals surface area (Å²) in [5.41, 5.74) is 2.04. The van der Waals surface area contributed by atoms with Gasteiger partial charge >= 0.3 is 6.18 Å². The summed E-state index contributed by atoms with van der Waals surface area (Å²) in [6, 6.07) is 10.5. The Balaban J connectivity index is 1.94. The maximum atomic E-state index is 13.8. The largest absolute Gasteiger partial charge is 0.495 e. The standard InChI is InChI=1S/C25H31F3N6O3S/c1-16-7-9-18(21(11-16)34(4)38(6,35)36)13-29-23-19(25(26,27)28)14-30-24(32-23)31-20-10-8-17(15-33(2)3)12-22(20)37-5/h7-12,14H,13,15H2,1-6H3,(H2,29,30,31,32). The molecule has 3 rings (SSSR count). The van der Waals surface area contributed by atoms with E-state index in [1.807, 2.05) is 31.1 Å². The molecule has 9 nitrogen and oxygen atoms in total. The van der Waals surface area contributed by atoms with Crippen LogP contribution in [0.25, 0.3) is 0 Å². The molecular formula is C25H31F3N6O3S. The molecule has 0 unspecified atom stereocenters. The molecule has 0 aliphatic rings. The van der Waals surface area contributed by atoms with Crippen molar-refractivity contribution in [1.29, 1.82) is 0 Å². The van der Waals surface area contributed by atoms with Gasteiger partial charge in [-0.2, -0.15) is 18.2 Å². The van der Waals surface area contributed by atoms with E-state index in [4.69, 9.17) is 4.74 Å². The smallest absolute Gasteiger partial charge is 0.421 e. The summed E-state index contributed by atoms with van der Waals surface area (Å²) in [5, 5.41) is 5.64. The van der Waals surface area contributed by atoms with Gasteiger partial charge < -0.3 is 20.3 Å². The number of sulfonamides is 1. The molecule has 0 aliphatic carbocycles. The zero-order valence-electron chi connectivity index (χ0n) is 22.0. The van der Waals surface area contributed by atoms with E-state index in [0.29, 0.717) is 35.4 Å². The van der Waals surface area contributed by atoms with Crippen molar-refractivity contribution in [3.63, 3.8) is 0 Å². The molecule has 0 fully saturated rings. The molecular weight excluding hydrogens is 521 g/mol. The highest BCUT2D eigenvalue weighted by atomic mass is 32.2. The normalized spacial score (nSPS) is 11.9. The highest BCUT2D eigenvalue weighted by Gasteiger charge is 2.35. The molecule has 0 aliphatic heterocycles. The van der Waals surface area contributed by atoms with E-state index in [2.05, 4.69) is 20.6 Å². The number of nitrogens with one attached hydrogen (secondary N) is 2. The SMILES string of the molecule is COc1cc(CN(C)C)ccc1Nc1ncc(C(F)(F)F)c(NCc2ccc(C)cc2N(C)S(C)(=O)=O)n1. The molecule has 0 atom stereocenters. The highest BCUT2D eigenvalue weighted by molar-refractivity contribution is 7.92. The van der Waals surface area contributed by atoms with Crippen LogP contribution in [0.4, 0.5) is 36.3 Å². The summed E-state index contributed by atoms with van der Waals surface area (Å²) >= 11 is 0. The first-order valence-corrected chi connectivity index (χ1v) is 13.3. The van der Waals surface area contributed by atoms with Crippen LogP contribution < -0.4 is 19.7 Å². The van der Waals surface area contributed by atoms with Crippen molar-refractivity contribution in [2.24, 2.45) is 0 Å². The maximum absolute atomic E-state index is 13.8. The fourth-order valence-corrected chi connectivity index (χ4v) is 4.21. The molecule has 0 spiro atoms. The zero-order chi connectivity index (χ0) is 28.3. The third kappa shape index (κ3) is 7.25. The molecule has 0 saturated heterocycles. The summed E-state index contributed by atoms with van der Waals surface area (Å²) in [7, 11) is 3.15. The van der Waals surface area contributed by atoms with Gasteiger partial charge in [0.1, 0.15) is 17.1 Å². The van der Waals surface area contributed by atoms with E-state index in [0.717, 1.165) is 21.7 Å². The van der Waals surface area contributed by atoms with Gasteiger partial charge in [-0.3, -0.25) is 4.31 Å². The molecule has 0 bridgehead atoms. The Labute approximate surface area is 220 Å². The Kier molecular flexibility index (Phi) is 8.72. The minimum absolute atomic E-state index is 0.0726. The van der Waals surface area contributed by atoms with E-state index in [1.165, 1.54) is 14.2 Å². The Bertz CT molecular complexity index is 1400. The van der Waals surface area contributed by atoms with Crippen LogP contribution in [-0.2, 0) is 29.3 Å². The van der Waals surface area contributed by atoms with Crippen molar-refractivity contribution >= 4 is 33.2 Å². The van der Waals surface area contributed by atoms with E-state index in [1.54, 1.807) is 31.2 Å². The first-order valence-electron chi connectivity index (χ1n) is 11.5. The molecule has 2 N–H and O–H groups in total. The Morgan fingerprint density at radius 3 is 2.39 bits per heavy atom. The minimum atomic E-state index is -4.72. The molecule has 0 saturated carbocycles. The minimum Gasteiger partial charge on any atom is -0.495 e. The topological polar surface area (TPSA) is 99.7 Å². The summed E-state index contributed by atoms with van der Waals surface area (Å²) in [6.07, 6.45) is -2.97. The van der Waals surface area contributed by atoms with Crippen LogP contribution in [0.5, 0.6) is 5.75 Å². The third-order valence-electron chi connectivity index (χ3n) is 5.63. The van der Waals surface area contributed by atoms with E-state index >= 15 is 0 Å². The molecule has 2 aromatic carbocycles. The van der Waals surface area contributed by atoms with E-state index in [9.17, 15) is 21.6 Å². The van der Waals surface area contributed by atoms with Gasteiger partial charge in [0.15, 0.2) is 0 Å².